The van der Waals surface area contributed by atoms with Gasteiger partial charge < -0.3 is 5.73 Å². The second kappa shape index (κ2) is 2.85. The van der Waals surface area contributed by atoms with Crippen LogP contribution in [0.5, 0.6) is 0 Å². The number of pyridine rings is 1. The van der Waals surface area contributed by atoms with Gasteiger partial charge in [0, 0.05) is 18.0 Å². The average Bonchev–Trinajstić information content (AvgIpc) is 2.49. The number of aromatic amines is 1. The van der Waals surface area contributed by atoms with Crippen LogP contribution in [0.1, 0.15) is 0 Å². The Balaban J connectivity index is 2.53. The molecule has 5 heteroatoms. The zero-order valence-corrected chi connectivity index (χ0v) is 6.66. The summed E-state index contributed by atoms with van der Waals surface area (Å²) in [6.07, 6.45) is 3.15. The fourth-order valence-corrected chi connectivity index (χ4v) is 1.04. The molecule has 0 saturated heterocycles. The van der Waals surface area contributed by atoms with Crippen molar-refractivity contribution in [2.75, 3.05) is 5.73 Å². The lowest BCUT2D eigenvalue weighted by Crippen LogP contribution is -1.87. The van der Waals surface area contributed by atoms with Crippen molar-refractivity contribution in [3.63, 3.8) is 0 Å². The maximum absolute atomic E-state index is 13.2. The smallest absolute Gasteiger partial charge is 0.192 e. The van der Waals surface area contributed by atoms with Crippen LogP contribution in [0.3, 0.4) is 0 Å². The molecule has 0 aromatic carbocycles. The number of nitrogens with one attached hydrogen (secondary N) is 1. The normalized spacial score (nSPS) is 10.2. The zero-order valence-electron chi connectivity index (χ0n) is 6.66. The van der Waals surface area contributed by atoms with Gasteiger partial charge in [0.25, 0.3) is 0 Å². The van der Waals surface area contributed by atoms with Crippen molar-refractivity contribution >= 4 is 5.82 Å². The molecule has 0 amide bonds. The van der Waals surface area contributed by atoms with Crippen LogP contribution >= 0.6 is 0 Å². The third-order valence-corrected chi connectivity index (χ3v) is 1.68. The molecule has 66 valence electrons. The number of anilines is 1. The lowest BCUT2D eigenvalue weighted by molar-refractivity contribution is 0.636. The molecule has 0 atom stereocenters. The van der Waals surface area contributed by atoms with Gasteiger partial charge in [0.2, 0.25) is 0 Å². The van der Waals surface area contributed by atoms with Crippen molar-refractivity contribution in [1.82, 2.24) is 15.2 Å². The fraction of sp³-hybridized carbons (Fsp3) is 0. The van der Waals surface area contributed by atoms with Crippen LogP contribution in [0.2, 0.25) is 0 Å². The summed E-state index contributed by atoms with van der Waals surface area (Å²) in [5.41, 5.74) is 6.14. The van der Waals surface area contributed by atoms with Crippen LogP contribution in [0.4, 0.5) is 10.2 Å². The number of nitrogens with zero attached hydrogens (tertiary/aromatic N) is 2. The van der Waals surface area contributed by atoms with Crippen LogP contribution < -0.4 is 5.73 Å². The Morgan fingerprint density at radius 2 is 2.31 bits per heavy atom. The summed E-state index contributed by atoms with van der Waals surface area (Å²) in [5.74, 6) is -0.660. The van der Waals surface area contributed by atoms with E-state index in [0.717, 1.165) is 0 Å². The quantitative estimate of drug-likeness (QED) is 0.689. The van der Waals surface area contributed by atoms with Crippen LogP contribution in [-0.4, -0.2) is 15.2 Å². The molecule has 2 aromatic rings. The zero-order chi connectivity index (χ0) is 9.26. The van der Waals surface area contributed by atoms with E-state index < -0.39 is 5.82 Å². The topological polar surface area (TPSA) is 67.6 Å². The Labute approximate surface area is 73.6 Å². The first-order valence-electron chi connectivity index (χ1n) is 3.69. The van der Waals surface area contributed by atoms with Crippen molar-refractivity contribution in [2.24, 2.45) is 0 Å². The van der Waals surface area contributed by atoms with E-state index in [1.807, 2.05) is 0 Å². The highest BCUT2D eigenvalue weighted by molar-refractivity contribution is 5.61. The molecule has 2 aromatic heterocycles. The Bertz CT molecular complexity index is 409. The molecule has 0 unspecified atom stereocenters. The van der Waals surface area contributed by atoms with E-state index in [9.17, 15) is 4.39 Å². The largest absolute Gasteiger partial charge is 0.380 e. The molecule has 13 heavy (non-hydrogen) atoms. The summed E-state index contributed by atoms with van der Waals surface area (Å²) in [6.45, 7) is 0. The van der Waals surface area contributed by atoms with Crippen molar-refractivity contribution in [1.29, 1.82) is 0 Å². The molecule has 0 saturated carbocycles. The first-order chi connectivity index (χ1) is 6.29. The molecule has 3 N–H and O–H groups in total. The summed E-state index contributed by atoms with van der Waals surface area (Å²) in [7, 11) is 0. The third-order valence-electron chi connectivity index (χ3n) is 1.68. The predicted octanol–water partition coefficient (Wildman–Crippen LogP) is 1.19. The van der Waals surface area contributed by atoms with E-state index in [1.54, 1.807) is 18.3 Å². The van der Waals surface area contributed by atoms with Crippen LogP contribution in [0.15, 0.2) is 24.5 Å². The van der Waals surface area contributed by atoms with E-state index in [0.29, 0.717) is 5.56 Å². The molecule has 0 bridgehead atoms. The van der Waals surface area contributed by atoms with Crippen molar-refractivity contribution in [3.8, 4) is 11.3 Å². The minimum Gasteiger partial charge on any atom is -0.380 e. The SMILES string of the molecule is Nc1n[nH]c(-c2cccnc2)c1F. The van der Waals surface area contributed by atoms with Gasteiger partial charge in [-0.05, 0) is 12.1 Å². The average molecular weight is 178 g/mol. The molecule has 4 nitrogen and oxygen atoms in total. The molecule has 0 fully saturated rings. The highest BCUT2D eigenvalue weighted by Crippen LogP contribution is 2.21. The van der Waals surface area contributed by atoms with E-state index in [-0.39, 0.29) is 11.5 Å². The first kappa shape index (κ1) is 7.72. The van der Waals surface area contributed by atoms with Gasteiger partial charge in [0.1, 0.15) is 5.69 Å². The summed E-state index contributed by atoms with van der Waals surface area (Å²) >= 11 is 0. The molecule has 0 aliphatic heterocycles. The highest BCUT2D eigenvalue weighted by Gasteiger charge is 2.11. The second-order valence-corrected chi connectivity index (χ2v) is 2.54. The van der Waals surface area contributed by atoms with E-state index in [2.05, 4.69) is 15.2 Å². The van der Waals surface area contributed by atoms with E-state index in [1.165, 1.54) is 6.20 Å². The van der Waals surface area contributed by atoms with E-state index >= 15 is 0 Å². The Kier molecular flexibility index (Phi) is 1.70. The molecule has 2 heterocycles. The summed E-state index contributed by atoms with van der Waals surface area (Å²) < 4.78 is 13.2. The van der Waals surface area contributed by atoms with Gasteiger partial charge >= 0.3 is 0 Å². The Morgan fingerprint density at radius 3 is 2.85 bits per heavy atom. The van der Waals surface area contributed by atoms with Crippen molar-refractivity contribution < 1.29 is 4.39 Å². The molecule has 0 aliphatic rings. The van der Waals surface area contributed by atoms with Crippen molar-refractivity contribution in [3.05, 3.63) is 30.3 Å². The minimum atomic E-state index is -0.534. The van der Waals surface area contributed by atoms with Gasteiger partial charge in [-0.1, -0.05) is 0 Å². The standard InChI is InChI=1S/C8H7FN4/c9-6-7(12-13-8(6)10)5-2-1-3-11-4-5/h1-4H,(H3,10,12,13). The predicted molar refractivity (Wildman–Crippen MR) is 46.2 cm³/mol. The van der Waals surface area contributed by atoms with Gasteiger partial charge in [0.15, 0.2) is 11.6 Å². The van der Waals surface area contributed by atoms with Gasteiger partial charge in [-0.2, -0.15) is 5.10 Å². The number of hydrogen-bond donors (Lipinski definition) is 2. The molecular weight excluding hydrogens is 171 g/mol. The van der Waals surface area contributed by atoms with Gasteiger partial charge in [-0.25, -0.2) is 4.39 Å². The van der Waals surface area contributed by atoms with Gasteiger partial charge in [-0.3, -0.25) is 10.1 Å². The van der Waals surface area contributed by atoms with Crippen LogP contribution in [0, 0.1) is 5.82 Å². The highest BCUT2D eigenvalue weighted by atomic mass is 19.1. The minimum absolute atomic E-state index is 0.126. The molecule has 0 spiro atoms. The summed E-state index contributed by atoms with van der Waals surface area (Å²) in [6, 6.07) is 3.44. The Morgan fingerprint density at radius 1 is 1.46 bits per heavy atom. The van der Waals surface area contributed by atoms with Crippen LogP contribution in [-0.2, 0) is 0 Å². The Hall–Kier alpha value is -1.91. The van der Waals surface area contributed by atoms with Gasteiger partial charge in [0.05, 0.1) is 0 Å². The fourth-order valence-electron chi connectivity index (χ4n) is 1.04. The molecular formula is C8H7FN4. The monoisotopic (exact) mass is 178 g/mol. The number of halogens is 1. The van der Waals surface area contributed by atoms with E-state index in [4.69, 9.17) is 5.73 Å². The third kappa shape index (κ3) is 1.24. The summed E-state index contributed by atoms with van der Waals surface area (Å²) in [4.78, 5) is 3.86. The second-order valence-electron chi connectivity index (χ2n) is 2.54. The maximum Gasteiger partial charge on any atom is 0.192 e. The number of rotatable bonds is 1. The lowest BCUT2D eigenvalue weighted by atomic mass is 10.2. The first-order valence-corrected chi connectivity index (χ1v) is 3.69. The molecule has 0 aliphatic carbocycles. The summed E-state index contributed by atoms with van der Waals surface area (Å²) in [5, 5.41) is 6.04. The molecule has 2 rings (SSSR count). The number of nitrogens with two attached hydrogens (primary N) is 1. The van der Waals surface area contributed by atoms with Crippen LogP contribution in [0.25, 0.3) is 11.3 Å². The number of H-pyrrole nitrogens is 1. The lowest BCUT2D eigenvalue weighted by Gasteiger charge is -1.94. The number of nitrogen functional groups attached to an aromatic ring is 1. The van der Waals surface area contributed by atoms with Crippen molar-refractivity contribution in [2.45, 2.75) is 0 Å². The van der Waals surface area contributed by atoms with Gasteiger partial charge in [-0.15, -0.1) is 0 Å². The number of hydrogen-bond acceptors (Lipinski definition) is 3. The maximum atomic E-state index is 13.2. The number of aromatic nitrogens is 3. The molecule has 0 radical (unpaired) electrons.